The van der Waals surface area contributed by atoms with Gasteiger partial charge in [-0.25, -0.2) is 9.78 Å². The Kier molecular flexibility index (Phi) is 7.24. The molecule has 6 nitrogen and oxygen atoms in total. The largest absolute Gasteiger partial charge is 0.487 e. The number of likely N-dealkylation sites (N-methyl/N-ethyl adjacent to an activating group) is 1. The lowest BCUT2D eigenvalue weighted by atomic mass is 10.2. The predicted octanol–water partition coefficient (Wildman–Crippen LogP) is 4.56. The molecule has 2 heterocycles. The summed E-state index contributed by atoms with van der Waals surface area (Å²) in [4.78, 5) is 31.1. The van der Waals surface area contributed by atoms with E-state index in [2.05, 4.69) is 4.98 Å². The minimum Gasteiger partial charge on any atom is -0.487 e. The first-order valence-electron chi connectivity index (χ1n) is 8.70. The van der Waals surface area contributed by atoms with Crippen molar-refractivity contribution < 1.29 is 19.1 Å². The van der Waals surface area contributed by atoms with Crippen LogP contribution in [0.2, 0.25) is 4.34 Å². The average molecular weight is 451 g/mol. The fourth-order valence-electron chi connectivity index (χ4n) is 2.40. The third-order valence-corrected chi connectivity index (χ3v) is 5.96. The van der Waals surface area contributed by atoms with E-state index in [-0.39, 0.29) is 12.5 Å². The maximum Gasteiger partial charge on any atom is 0.338 e. The first-order chi connectivity index (χ1) is 13.9. The van der Waals surface area contributed by atoms with Gasteiger partial charge in [0.15, 0.2) is 6.61 Å². The standard InChI is InChI=1S/C20H19ClN2O4S2/c1-13-22-15(12-28-13)10-26-16-5-3-14(4-6-16)20(25)27-11-19(24)23(2)9-17-7-8-18(21)29-17/h3-8,12H,9-11H2,1-2H3. The molecule has 0 aliphatic heterocycles. The lowest BCUT2D eigenvalue weighted by molar-refractivity contribution is -0.133. The Hall–Kier alpha value is -2.42. The van der Waals surface area contributed by atoms with Crippen LogP contribution in [0, 0.1) is 6.92 Å². The maximum atomic E-state index is 12.2. The molecule has 0 aliphatic carbocycles. The Balaban J connectivity index is 1.45. The highest BCUT2D eigenvalue weighted by Gasteiger charge is 2.15. The summed E-state index contributed by atoms with van der Waals surface area (Å²) >= 11 is 8.87. The monoisotopic (exact) mass is 450 g/mol. The van der Waals surface area contributed by atoms with Crippen molar-refractivity contribution in [1.29, 1.82) is 0 Å². The molecule has 0 saturated heterocycles. The molecule has 9 heteroatoms. The topological polar surface area (TPSA) is 68.7 Å². The number of esters is 1. The summed E-state index contributed by atoms with van der Waals surface area (Å²) < 4.78 is 11.4. The number of halogens is 1. The summed E-state index contributed by atoms with van der Waals surface area (Å²) in [5, 5.41) is 2.93. The lowest BCUT2D eigenvalue weighted by Crippen LogP contribution is -2.30. The quantitative estimate of drug-likeness (QED) is 0.470. The fraction of sp³-hybridized carbons (Fsp3) is 0.250. The van der Waals surface area contributed by atoms with Crippen LogP contribution in [0.4, 0.5) is 0 Å². The van der Waals surface area contributed by atoms with Crippen LogP contribution in [0.25, 0.3) is 0 Å². The smallest absolute Gasteiger partial charge is 0.338 e. The molecule has 152 valence electrons. The van der Waals surface area contributed by atoms with E-state index < -0.39 is 5.97 Å². The molecule has 0 atom stereocenters. The Bertz CT molecular complexity index is 985. The number of hydrogen-bond acceptors (Lipinski definition) is 7. The van der Waals surface area contributed by atoms with Gasteiger partial charge >= 0.3 is 5.97 Å². The van der Waals surface area contributed by atoms with Gasteiger partial charge in [-0.05, 0) is 43.3 Å². The molecule has 2 aromatic heterocycles. The van der Waals surface area contributed by atoms with Gasteiger partial charge in [0.05, 0.1) is 27.1 Å². The molecule has 0 spiro atoms. The van der Waals surface area contributed by atoms with Gasteiger partial charge in [0, 0.05) is 17.3 Å². The van der Waals surface area contributed by atoms with E-state index >= 15 is 0 Å². The van der Waals surface area contributed by atoms with Crippen LogP contribution in [0.1, 0.15) is 25.9 Å². The molecule has 0 fully saturated rings. The van der Waals surface area contributed by atoms with Gasteiger partial charge < -0.3 is 14.4 Å². The predicted molar refractivity (Wildman–Crippen MR) is 114 cm³/mol. The molecular weight excluding hydrogens is 432 g/mol. The van der Waals surface area contributed by atoms with Crippen molar-refractivity contribution in [2.24, 2.45) is 0 Å². The highest BCUT2D eigenvalue weighted by atomic mass is 35.5. The fourth-order valence-corrected chi connectivity index (χ4v) is 4.14. The molecule has 0 N–H and O–H groups in total. The van der Waals surface area contributed by atoms with Crippen molar-refractivity contribution in [2.45, 2.75) is 20.1 Å². The van der Waals surface area contributed by atoms with Crippen molar-refractivity contribution >= 4 is 46.2 Å². The highest BCUT2D eigenvalue weighted by Crippen LogP contribution is 2.22. The van der Waals surface area contributed by atoms with Crippen molar-refractivity contribution in [3.63, 3.8) is 0 Å². The summed E-state index contributed by atoms with van der Waals surface area (Å²) in [6.07, 6.45) is 0. The third kappa shape index (κ3) is 6.28. The molecule has 0 aliphatic rings. The number of nitrogens with zero attached hydrogens (tertiary/aromatic N) is 2. The number of rotatable bonds is 8. The highest BCUT2D eigenvalue weighted by molar-refractivity contribution is 7.16. The molecule has 0 saturated carbocycles. The number of benzene rings is 1. The Labute approximate surface area is 181 Å². The van der Waals surface area contributed by atoms with Crippen molar-refractivity contribution in [3.05, 3.63) is 67.3 Å². The van der Waals surface area contributed by atoms with Gasteiger partial charge in [0.1, 0.15) is 12.4 Å². The minimum atomic E-state index is -0.562. The van der Waals surface area contributed by atoms with Gasteiger partial charge in [-0.1, -0.05) is 11.6 Å². The van der Waals surface area contributed by atoms with Crippen LogP contribution in [0.5, 0.6) is 5.75 Å². The third-order valence-electron chi connectivity index (χ3n) is 3.92. The van der Waals surface area contributed by atoms with Gasteiger partial charge in [0.2, 0.25) is 0 Å². The second kappa shape index (κ2) is 9.87. The van der Waals surface area contributed by atoms with Gasteiger partial charge in [-0.3, -0.25) is 4.79 Å². The number of hydrogen-bond donors (Lipinski definition) is 0. The summed E-state index contributed by atoms with van der Waals surface area (Å²) in [5.74, 6) is -0.230. The number of aryl methyl sites for hydroxylation is 1. The molecular formula is C20H19ClN2O4S2. The van der Waals surface area contributed by atoms with Gasteiger partial charge in [0.25, 0.3) is 5.91 Å². The van der Waals surface area contributed by atoms with E-state index in [0.717, 1.165) is 15.6 Å². The van der Waals surface area contributed by atoms with E-state index in [9.17, 15) is 9.59 Å². The van der Waals surface area contributed by atoms with Crippen molar-refractivity contribution in [2.75, 3.05) is 13.7 Å². The average Bonchev–Trinajstić information content (AvgIpc) is 3.32. The second-order valence-electron chi connectivity index (χ2n) is 6.20. The van der Waals surface area contributed by atoms with Gasteiger partial charge in [-0.15, -0.1) is 22.7 Å². The number of aromatic nitrogens is 1. The zero-order valence-corrected chi connectivity index (χ0v) is 18.3. The van der Waals surface area contributed by atoms with E-state index in [0.29, 0.717) is 28.8 Å². The van der Waals surface area contributed by atoms with E-state index in [1.807, 2.05) is 18.4 Å². The molecule has 1 amide bonds. The van der Waals surface area contributed by atoms with Crippen LogP contribution < -0.4 is 4.74 Å². The van der Waals surface area contributed by atoms with E-state index in [4.69, 9.17) is 21.1 Å². The first-order valence-corrected chi connectivity index (χ1v) is 10.8. The summed E-state index contributed by atoms with van der Waals surface area (Å²) in [6.45, 7) is 2.40. The Morgan fingerprint density at radius 1 is 1.17 bits per heavy atom. The summed E-state index contributed by atoms with van der Waals surface area (Å²) in [6, 6.07) is 10.2. The molecule has 0 radical (unpaired) electrons. The van der Waals surface area contributed by atoms with Crippen molar-refractivity contribution in [1.82, 2.24) is 9.88 Å². The lowest BCUT2D eigenvalue weighted by Gasteiger charge is -2.16. The zero-order valence-electron chi connectivity index (χ0n) is 15.9. The summed E-state index contributed by atoms with van der Waals surface area (Å²) in [7, 11) is 1.65. The number of carbonyl (C=O) groups is 2. The first kappa shape index (κ1) is 21.3. The van der Waals surface area contributed by atoms with Crippen LogP contribution in [0.15, 0.2) is 41.8 Å². The molecule has 3 rings (SSSR count). The SMILES string of the molecule is Cc1nc(COc2ccc(C(=O)OCC(=O)N(C)Cc3ccc(Cl)s3)cc2)cs1. The summed E-state index contributed by atoms with van der Waals surface area (Å²) in [5.41, 5.74) is 1.21. The molecule has 0 bridgehead atoms. The minimum absolute atomic E-state index is 0.290. The van der Waals surface area contributed by atoms with Crippen LogP contribution in [0.3, 0.4) is 0 Å². The Morgan fingerprint density at radius 2 is 1.93 bits per heavy atom. The maximum absolute atomic E-state index is 12.2. The van der Waals surface area contributed by atoms with Crippen LogP contribution >= 0.6 is 34.3 Å². The van der Waals surface area contributed by atoms with E-state index in [1.54, 1.807) is 48.7 Å². The van der Waals surface area contributed by atoms with E-state index in [1.165, 1.54) is 16.2 Å². The number of thiophene rings is 1. The molecule has 29 heavy (non-hydrogen) atoms. The number of carbonyl (C=O) groups excluding carboxylic acids is 2. The molecule has 3 aromatic rings. The normalized spacial score (nSPS) is 10.6. The number of ether oxygens (including phenoxy) is 2. The molecule has 0 unspecified atom stereocenters. The Morgan fingerprint density at radius 3 is 2.55 bits per heavy atom. The number of thiazole rings is 1. The van der Waals surface area contributed by atoms with Crippen LogP contribution in [-0.2, 0) is 22.7 Å². The van der Waals surface area contributed by atoms with Crippen LogP contribution in [-0.4, -0.2) is 35.4 Å². The number of amides is 1. The zero-order chi connectivity index (χ0) is 20.8. The van der Waals surface area contributed by atoms with Crippen molar-refractivity contribution in [3.8, 4) is 5.75 Å². The molecule has 1 aromatic carbocycles. The second-order valence-corrected chi connectivity index (χ2v) is 9.06. The van der Waals surface area contributed by atoms with Gasteiger partial charge in [-0.2, -0.15) is 0 Å².